The van der Waals surface area contributed by atoms with Gasteiger partial charge in [-0.1, -0.05) is 15.9 Å². The van der Waals surface area contributed by atoms with Crippen LogP contribution in [0.4, 0.5) is 0 Å². The van der Waals surface area contributed by atoms with Crippen LogP contribution in [0, 0.1) is 0 Å². The fourth-order valence-corrected chi connectivity index (χ4v) is 1.75. The third kappa shape index (κ3) is 2.38. The molecule has 3 heteroatoms. The van der Waals surface area contributed by atoms with Crippen LogP contribution in [0.15, 0.2) is 22.7 Å². The van der Waals surface area contributed by atoms with E-state index in [-0.39, 0.29) is 0 Å². The Bertz CT molecular complexity index is 310. The van der Waals surface area contributed by atoms with Crippen molar-refractivity contribution >= 4 is 27.5 Å². The van der Waals surface area contributed by atoms with Crippen molar-refractivity contribution in [2.45, 2.75) is 24.8 Å². The molecule has 1 fully saturated rings. The summed E-state index contributed by atoms with van der Waals surface area (Å²) in [6.07, 6.45) is 2.79. The Kier molecular flexibility index (Phi) is 2.80. The van der Waals surface area contributed by atoms with Gasteiger partial charge in [-0.25, -0.2) is 0 Å². The molecule has 70 valence electrons. The fraction of sp³-hybridized carbons (Fsp3) is 0.400. The average molecular weight is 262 g/mol. The van der Waals surface area contributed by atoms with E-state index in [1.165, 1.54) is 12.8 Å². The molecule has 1 aliphatic carbocycles. The van der Waals surface area contributed by atoms with Gasteiger partial charge in [0.2, 0.25) is 0 Å². The van der Waals surface area contributed by atoms with E-state index in [1.54, 1.807) is 0 Å². The minimum atomic E-state index is 0.433. The zero-order valence-electron chi connectivity index (χ0n) is 7.09. The molecule has 1 saturated carbocycles. The Morgan fingerprint density at radius 2 is 2.23 bits per heavy atom. The van der Waals surface area contributed by atoms with Crippen molar-refractivity contribution in [3.05, 3.63) is 28.2 Å². The summed E-state index contributed by atoms with van der Waals surface area (Å²) in [7, 11) is 0. The van der Waals surface area contributed by atoms with Crippen LogP contribution in [-0.2, 0) is 5.88 Å². The zero-order valence-corrected chi connectivity index (χ0v) is 9.44. The highest BCUT2D eigenvalue weighted by molar-refractivity contribution is 9.10. The summed E-state index contributed by atoms with van der Waals surface area (Å²) < 4.78 is 6.74. The minimum absolute atomic E-state index is 0.433. The molecule has 1 nitrogen and oxygen atoms in total. The van der Waals surface area contributed by atoms with E-state index in [0.717, 1.165) is 15.8 Å². The van der Waals surface area contributed by atoms with Crippen molar-refractivity contribution in [1.29, 1.82) is 0 Å². The van der Waals surface area contributed by atoms with E-state index in [1.807, 2.05) is 18.2 Å². The Hall–Kier alpha value is -0.210. The maximum absolute atomic E-state index is 5.81. The van der Waals surface area contributed by atoms with Gasteiger partial charge in [-0.2, -0.15) is 0 Å². The number of rotatable bonds is 3. The number of ether oxygens (including phenoxy) is 1. The molecule has 0 unspecified atom stereocenters. The smallest absolute Gasteiger partial charge is 0.124 e. The molecule has 2 rings (SSSR count). The predicted molar refractivity (Wildman–Crippen MR) is 57.3 cm³/mol. The predicted octanol–water partition coefficient (Wildman–Crippen LogP) is 3.73. The van der Waals surface area contributed by atoms with Gasteiger partial charge >= 0.3 is 0 Å². The van der Waals surface area contributed by atoms with Crippen molar-refractivity contribution in [1.82, 2.24) is 0 Å². The molecular weight excluding hydrogens is 251 g/mol. The molecule has 0 radical (unpaired) electrons. The second kappa shape index (κ2) is 3.89. The lowest BCUT2D eigenvalue weighted by molar-refractivity contribution is 0.301. The first-order valence-corrected chi connectivity index (χ1v) is 5.63. The monoisotopic (exact) mass is 260 g/mol. The fourth-order valence-electron chi connectivity index (χ4n) is 1.13. The van der Waals surface area contributed by atoms with E-state index in [9.17, 15) is 0 Å². The Balaban J connectivity index is 2.21. The van der Waals surface area contributed by atoms with E-state index in [2.05, 4.69) is 15.9 Å². The van der Waals surface area contributed by atoms with Crippen molar-refractivity contribution < 1.29 is 4.74 Å². The summed E-state index contributed by atoms with van der Waals surface area (Å²) in [6.45, 7) is 0. The van der Waals surface area contributed by atoms with E-state index < -0.39 is 0 Å². The van der Waals surface area contributed by atoms with Gasteiger partial charge in [-0.05, 0) is 31.0 Å². The normalized spacial score (nSPS) is 15.8. The molecule has 1 aliphatic rings. The maximum atomic E-state index is 5.81. The van der Waals surface area contributed by atoms with Gasteiger partial charge in [-0.3, -0.25) is 0 Å². The van der Waals surface area contributed by atoms with Crippen LogP contribution in [-0.4, -0.2) is 6.10 Å². The largest absolute Gasteiger partial charge is 0.490 e. The number of benzene rings is 1. The molecule has 1 aromatic rings. The summed E-state index contributed by atoms with van der Waals surface area (Å²) in [5.74, 6) is 1.43. The molecule has 13 heavy (non-hydrogen) atoms. The summed E-state index contributed by atoms with van der Waals surface area (Å²) in [5.41, 5.74) is 1.06. The molecular formula is C10H10BrClO. The second-order valence-electron chi connectivity index (χ2n) is 3.20. The van der Waals surface area contributed by atoms with E-state index >= 15 is 0 Å². The van der Waals surface area contributed by atoms with E-state index in [0.29, 0.717) is 12.0 Å². The molecule has 0 amide bonds. The van der Waals surface area contributed by atoms with Gasteiger partial charge in [0.1, 0.15) is 5.75 Å². The first-order valence-electron chi connectivity index (χ1n) is 4.30. The van der Waals surface area contributed by atoms with Crippen molar-refractivity contribution in [3.8, 4) is 5.75 Å². The maximum Gasteiger partial charge on any atom is 0.124 e. The lowest BCUT2D eigenvalue weighted by Crippen LogP contribution is -1.98. The molecule has 0 aromatic heterocycles. The van der Waals surface area contributed by atoms with Crippen LogP contribution in [0.3, 0.4) is 0 Å². The molecule has 0 spiro atoms. The van der Waals surface area contributed by atoms with E-state index in [4.69, 9.17) is 16.3 Å². The third-order valence-corrected chi connectivity index (χ3v) is 2.77. The van der Waals surface area contributed by atoms with Gasteiger partial charge in [0, 0.05) is 10.0 Å². The quantitative estimate of drug-likeness (QED) is 0.753. The number of hydrogen-bond donors (Lipinski definition) is 0. The third-order valence-electron chi connectivity index (χ3n) is 1.98. The van der Waals surface area contributed by atoms with Crippen LogP contribution in [0.25, 0.3) is 0 Å². The topological polar surface area (TPSA) is 9.23 Å². The molecule has 0 aliphatic heterocycles. The van der Waals surface area contributed by atoms with Crippen molar-refractivity contribution in [3.63, 3.8) is 0 Å². The zero-order chi connectivity index (χ0) is 9.26. The van der Waals surface area contributed by atoms with Crippen LogP contribution in [0.1, 0.15) is 18.4 Å². The second-order valence-corrected chi connectivity index (χ2v) is 4.39. The minimum Gasteiger partial charge on any atom is -0.490 e. The highest BCUT2D eigenvalue weighted by Gasteiger charge is 2.24. The Morgan fingerprint density at radius 3 is 2.85 bits per heavy atom. The van der Waals surface area contributed by atoms with Gasteiger partial charge in [0.25, 0.3) is 0 Å². The van der Waals surface area contributed by atoms with Crippen molar-refractivity contribution in [2.24, 2.45) is 0 Å². The lowest BCUT2D eigenvalue weighted by atomic mass is 10.2. The Morgan fingerprint density at radius 1 is 1.46 bits per heavy atom. The molecule has 0 heterocycles. The first-order chi connectivity index (χ1) is 6.29. The van der Waals surface area contributed by atoms with Gasteiger partial charge in [-0.15, -0.1) is 11.6 Å². The summed E-state index contributed by atoms with van der Waals surface area (Å²) in [5, 5.41) is 0. The molecule has 0 saturated heterocycles. The molecule has 0 N–H and O–H groups in total. The van der Waals surface area contributed by atoms with Crippen molar-refractivity contribution in [2.75, 3.05) is 0 Å². The standard InChI is InChI=1S/C10H10BrClO/c11-8-1-4-10(7(5-8)6-12)13-9-2-3-9/h1,4-5,9H,2-3,6H2. The Labute approximate surface area is 91.2 Å². The van der Waals surface area contributed by atoms with Gasteiger partial charge < -0.3 is 4.74 Å². The molecule has 1 aromatic carbocycles. The summed E-state index contributed by atoms with van der Waals surface area (Å²) in [4.78, 5) is 0. The number of halogens is 2. The number of alkyl halides is 1. The van der Waals surface area contributed by atoms with Crippen LogP contribution in [0.5, 0.6) is 5.75 Å². The van der Waals surface area contributed by atoms with Gasteiger partial charge in [0.05, 0.1) is 12.0 Å². The first kappa shape index (κ1) is 9.35. The van der Waals surface area contributed by atoms with Crippen LogP contribution >= 0.6 is 27.5 Å². The van der Waals surface area contributed by atoms with Crippen LogP contribution in [0.2, 0.25) is 0 Å². The number of hydrogen-bond acceptors (Lipinski definition) is 1. The lowest BCUT2D eigenvalue weighted by Gasteiger charge is -2.08. The summed E-state index contributed by atoms with van der Waals surface area (Å²) in [6, 6.07) is 5.96. The van der Waals surface area contributed by atoms with Gasteiger partial charge in [0.15, 0.2) is 0 Å². The molecule has 0 bridgehead atoms. The summed E-state index contributed by atoms with van der Waals surface area (Å²) >= 11 is 9.21. The molecule has 0 atom stereocenters. The highest BCUT2D eigenvalue weighted by atomic mass is 79.9. The average Bonchev–Trinajstić information content (AvgIpc) is 2.92. The van der Waals surface area contributed by atoms with Crippen LogP contribution < -0.4 is 4.74 Å². The SMILES string of the molecule is ClCc1cc(Br)ccc1OC1CC1. The highest BCUT2D eigenvalue weighted by Crippen LogP contribution is 2.31.